The Balaban J connectivity index is 2.69. The first-order valence-electron chi connectivity index (χ1n) is 5.40. The first kappa shape index (κ1) is 11.9. The normalized spacial score (nSPS) is 21.8. The zero-order valence-electron chi connectivity index (χ0n) is 9.74. The number of halogens is 1. The number of nitrogens with one attached hydrogen (secondary N) is 1. The van der Waals surface area contributed by atoms with E-state index in [9.17, 15) is 0 Å². The van der Waals surface area contributed by atoms with Crippen LogP contribution in [0, 0.1) is 5.41 Å². The van der Waals surface area contributed by atoms with E-state index in [1.165, 1.54) is 0 Å². The van der Waals surface area contributed by atoms with Crippen molar-refractivity contribution in [3.8, 4) is 0 Å². The largest absolute Gasteiger partial charge is 0.360 e. The predicted octanol–water partition coefficient (Wildman–Crippen LogP) is 1.65. The van der Waals surface area contributed by atoms with Crippen molar-refractivity contribution >= 4 is 28.7 Å². The maximum atomic E-state index is 8.10. The summed E-state index contributed by atoms with van der Waals surface area (Å²) in [6, 6.07) is 1.70. The average molecular weight is 252 g/mol. The fraction of sp³-hybridized carbons (Fsp3) is 0.364. The van der Waals surface area contributed by atoms with Gasteiger partial charge in [-0.3, -0.25) is 5.41 Å². The highest BCUT2D eigenvalue weighted by molar-refractivity contribution is 6.52. The van der Waals surface area contributed by atoms with E-state index >= 15 is 0 Å². The fourth-order valence-corrected chi connectivity index (χ4v) is 2.46. The lowest BCUT2D eigenvalue weighted by molar-refractivity contribution is 0.778. The number of hydrogen-bond acceptors (Lipinski definition) is 5. The van der Waals surface area contributed by atoms with Crippen molar-refractivity contribution in [3.05, 3.63) is 23.0 Å². The summed E-state index contributed by atoms with van der Waals surface area (Å²) in [7, 11) is 0. The minimum atomic E-state index is -0.0632. The second-order valence-electron chi connectivity index (χ2n) is 3.85. The van der Waals surface area contributed by atoms with Crippen LogP contribution in [0.1, 0.15) is 19.4 Å². The molecule has 3 N–H and O–H groups in total. The number of anilines is 1. The molecule has 0 spiro atoms. The molecule has 2 rings (SSSR count). The van der Waals surface area contributed by atoms with Crippen molar-refractivity contribution in [1.29, 1.82) is 5.41 Å². The molecule has 0 amide bonds. The smallest absolute Gasteiger partial charge is 0.152 e. The molecule has 1 aliphatic heterocycles. The Morgan fingerprint density at radius 3 is 2.94 bits per heavy atom. The van der Waals surface area contributed by atoms with Gasteiger partial charge in [-0.15, -0.1) is 0 Å². The quantitative estimate of drug-likeness (QED) is 0.453. The highest BCUT2D eigenvalue weighted by Gasteiger charge is 2.33. The van der Waals surface area contributed by atoms with Crippen LogP contribution in [0.5, 0.6) is 0 Å². The zero-order valence-corrected chi connectivity index (χ0v) is 10.5. The van der Waals surface area contributed by atoms with E-state index < -0.39 is 0 Å². The molecular weight excluding hydrogens is 238 g/mol. The first-order chi connectivity index (χ1) is 8.11. The number of hydrazone groups is 1. The molecule has 0 aromatic carbocycles. The molecule has 0 saturated heterocycles. The minimum Gasteiger partial charge on any atom is -0.360 e. The molecular formula is C11H14ClN5. The predicted molar refractivity (Wildman–Crippen MR) is 70.2 cm³/mol. The number of rotatable bonds is 1. The van der Waals surface area contributed by atoms with Gasteiger partial charge < -0.3 is 10.7 Å². The topological polar surface area (TPSA) is 78.4 Å². The standard InChI is InChI=1S/C11H14ClN5/c1-3-17-6(2)9(16-14)8(13)7-4-5-15-11(12)10(7)17/h4-6,13H,3,14H2,1-2H3/b13-8?,16-9-. The van der Waals surface area contributed by atoms with Crippen LogP contribution in [0.15, 0.2) is 17.4 Å². The van der Waals surface area contributed by atoms with Gasteiger partial charge in [0.15, 0.2) is 5.15 Å². The van der Waals surface area contributed by atoms with E-state index in [0.717, 1.165) is 17.8 Å². The third-order valence-electron chi connectivity index (χ3n) is 3.04. The van der Waals surface area contributed by atoms with Crippen LogP contribution in [0.4, 0.5) is 5.69 Å². The van der Waals surface area contributed by atoms with Crippen LogP contribution in [-0.4, -0.2) is 29.0 Å². The second kappa shape index (κ2) is 4.33. The molecule has 0 bridgehead atoms. The van der Waals surface area contributed by atoms with E-state index in [4.69, 9.17) is 22.9 Å². The van der Waals surface area contributed by atoms with E-state index in [-0.39, 0.29) is 6.04 Å². The second-order valence-corrected chi connectivity index (χ2v) is 4.21. The van der Waals surface area contributed by atoms with Gasteiger partial charge in [0.05, 0.1) is 17.4 Å². The number of hydrogen-bond donors (Lipinski definition) is 2. The Bertz CT molecular complexity index is 497. The Kier molecular flexibility index (Phi) is 3.02. The number of aromatic nitrogens is 1. The van der Waals surface area contributed by atoms with Crippen LogP contribution in [0.25, 0.3) is 0 Å². The molecule has 1 aliphatic rings. The summed E-state index contributed by atoms with van der Waals surface area (Å²) in [5.74, 6) is 5.37. The lowest BCUT2D eigenvalue weighted by Gasteiger charge is -2.37. The van der Waals surface area contributed by atoms with E-state index in [0.29, 0.717) is 16.6 Å². The van der Waals surface area contributed by atoms with Crippen molar-refractivity contribution < 1.29 is 0 Å². The van der Waals surface area contributed by atoms with Gasteiger partial charge in [-0.1, -0.05) is 11.6 Å². The summed E-state index contributed by atoms with van der Waals surface area (Å²) < 4.78 is 0. The van der Waals surface area contributed by atoms with Crippen molar-refractivity contribution in [2.45, 2.75) is 19.9 Å². The summed E-state index contributed by atoms with van der Waals surface area (Å²) in [6.07, 6.45) is 1.59. The molecule has 0 radical (unpaired) electrons. The third kappa shape index (κ3) is 1.67. The molecule has 1 aromatic heterocycles. The van der Waals surface area contributed by atoms with Crippen molar-refractivity contribution in [1.82, 2.24) is 4.98 Å². The molecule has 1 aromatic rings. The lowest BCUT2D eigenvalue weighted by atomic mass is 9.94. The molecule has 1 unspecified atom stereocenters. The maximum Gasteiger partial charge on any atom is 0.152 e. The minimum absolute atomic E-state index is 0.0632. The van der Waals surface area contributed by atoms with Crippen molar-refractivity contribution in [2.75, 3.05) is 11.4 Å². The molecule has 2 heterocycles. The van der Waals surface area contributed by atoms with Crippen LogP contribution in [0.3, 0.4) is 0 Å². The first-order valence-corrected chi connectivity index (χ1v) is 5.77. The number of pyridine rings is 1. The molecule has 0 saturated carbocycles. The number of nitrogens with two attached hydrogens (primary N) is 1. The highest BCUT2D eigenvalue weighted by atomic mass is 35.5. The Morgan fingerprint density at radius 1 is 1.65 bits per heavy atom. The molecule has 6 heteroatoms. The summed E-state index contributed by atoms with van der Waals surface area (Å²) in [6.45, 7) is 4.73. The summed E-state index contributed by atoms with van der Waals surface area (Å²) >= 11 is 6.12. The Labute approximate surface area is 105 Å². The summed E-state index contributed by atoms with van der Waals surface area (Å²) in [5, 5.41) is 12.2. The number of nitrogens with zero attached hydrogens (tertiary/aromatic N) is 3. The monoisotopic (exact) mass is 251 g/mol. The lowest BCUT2D eigenvalue weighted by Crippen LogP contribution is -2.48. The van der Waals surface area contributed by atoms with Gasteiger partial charge in [-0.2, -0.15) is 5.10 Å². The van der Waals surface area contributed by atoms with Gasteiger partial charge in [0, 0.05) is 18.3 Å². The molecule has 1 atom stereocenters. The van der Waals surface area contributed by atoms with Crippen LogP contribution < -0.4 is 10.7 Å². The van der Waals surface area contributed by atoms with Crippen LogP contribution in [-0.2, 0) is 0 Å². The van der Waals surface area contributed by atoms with Gasteiger partial charge in [0.1, 0.15) is 5.71 Å². The molecule has 5 nitrogen and oxygen atoms in total. The summed E-state index contributed by atoms with van der Waals surface area (Å²) in [5.41, 5.74) is 2.42. The molecule has 17 heavy (non-hydrogen) atoms. The molecule has 90 valence electrons. The molecule has 0 fully saturated rings. The number of fused-ring (bicyclic) bond motifs is 1. The van der Waals surface area contributed by atoms with Crippen molar-refractivity contribution in [2.24, 2.45) is 10.9 Å². The van der Waals surface area contributed by atoms with Gasteiger partial charge in [0.2, 0.25) is 0 Å². The van der Waals surface area contributed by atoms with E-state index in [1.54, 1.807) is 12.3 Å². The maximum absolute atomic E-state index is 8.10. The SMILES string of the molecule is CCN1c2c(ccnc2Cl)C(=N)/C(=N\N)C1C. The van der Waals surface area contributed by atoms with Gasteiger partial charge in [0.25, 0.3) is 0 Å². The fourth-order valence-electron chi connectivity index (χ4n) is 2.20. The van der Waals surface area contributed by atoms with Crippen LogP contribution >= 0.6 is 11.6 Å². The van der Waals surface area contributed by atoms with Gasteiger partial charge in [-0.05, 0) is 19.9 Å². The van der Waals surface area contributed by atoms with Crippen LogP contribution in [0.2, 0.25) is 5.15 Å². The van der Waals surface area contributed by atoms with Crippen molar-refractivity contribution in [3.63, 3.8) is 0 Å². The highest BCUT2D eigenvalue weighted by Crippen LogP contribution is 2.34. The summed E-state index contributed by atoms with van der Waals surface area (Å²) in [4.78, 5) is 6.12. The Morgan fingerprint density at radius 2 is 2.35 bits per heavy atom. The van der Waals surface area contributed by atoms with E-state index in [2.05, 4.69) is 15.0 Å². The van der Waals surface area contributed by atoms with Gasteiger partial charge in [-0.25, -0.2) is 4.98 Å². The molecule has 0 aliphatic carbocycles. The average Bonchev–Trinajstić information content (AvgIpc) is 2.31. The van der Waals surface area contributed by atoms with Gasteiger partial charge >= 0.3 is 0 Å². The third-order valence-corrected chi connectivity index (χ3v) is 3.31. The zero-order chi connectivity index (χ0) is 12.6. The Hall–Kier alpha value is -1.62. The van der Waals surface area contributed by atoms with E-state index in [1.807, 2.05) is 13.8 Å².